The first-order chi connectivity index (χ1) is 26.0. The number of pyridine rings is 1. The average molecular weight is 682 g/mol. The maximum atomic E-state index is 4.41. The van der Waals surface area contributed by atoms with Gasteiger partial charge in [-0.25, -0.2) is 0 Å². The van der Waals surface area contributed by atoms with Gasteiger partial charge in [-0.15, -0.1) is 0 Å². The number of hydrogen-bond acceptors (Lipinski definition) is 2. The molecule has 53 heavy (non-hydrogen) atoms. The number of nitrogens with zero attached hydrogens (tertiary/aromatic N) is 3. The maximum Gasteiger partial charge on any atom is 0.0541 e. The third kappa shape index (κ3) is 5.15. The van der Waals surface area contributed by atoms with Crippen LogP contribution in [-0.2, 0) is 5.41 Å². The Bertz CT molecular complexity index is 2730. The maximum absolute atomic E-state index is 4.41. The van der Waals surface area contributed by atoms with E-state index in [1.165, 1.54) is 55.3 Å². The van der Waals surface area contributed by atoms with Crippen LogP contribution in [0.25, 0.3) is 55.3 Å². The molecule has 0 spiro atoms. The Kier molecular flexibility index (Phi) is 7.29. The highest BCUT2D eigenvalue weighted by atomic mass is 15.1. The van der Waals surface area contributed by atoms with E-state index in [1.54, 1.807) is 5.57 Å². The van der Waals surface area contributed by atoms with E-state index < -0.39 is 0 Å². The Morgan fingerprint density at radius 1 is 0.585 bits per heavy atom. The van der Waals surface area contributed by atoms with Gasteiger partial charge in [-0.1, -0.05) is 110 Å². The summed E-state index contributed by atoms with van der Waals surface area (Å²) in [6, 6.07) is 55.4. The van der Waals surface area contributed by atoms with Crippen molar-refractivity contribution in [1.82, 2.24) is 9.55 Å². The average Bonchev–Trinajstić information content (AvgIpc) is 3.67. The van der Waals surface area contributed by atoms with Crippen LogP contribution in [-0.4, -0.2) is 9.55 Å². The number of para-hydroxylation sites is 2. The molecular weight excluding hydrogens is 643 g/mol. The normalized spacial score (nSPS) is 14.5. The molecule has 254 valence electrons. The zero-order chi connectivity index (χ0) is 35.5. The number of hydrogen-bond donors (Lipinski definition) is 0. The van der Waals surface area contributed by atoms with Crippen LogP contribution in [0.2, 0.25) is 0 Å². The van der Waals surface area contributed by atoms with Crippen LogP contribution in [0.4, 0.5) is 17.1 Å². The van der Waals surface area contributed by atoms with Gasteiger partial charge in [0, 0.05) is 56.9 Å². The van der Waals surface area contributed by atoms with E-state index >= 15 is 0 Å². The standard InChI is InChI=1S/C50H39N3/c1-50(2)46-19-8-6-17-42(46)43-27-26-41(32-47(43)50)52(40-16-10-12-35(30-40)37-13-11-29-51-33-37)39-24-21-34(22-25-39)36-23-28-49-45(31-36)44-18-7-9-20-48(44)53(49)38-14-4-3-5-15-38/h3-7,9-18,20-33H,8,19H2,1-2H3. The minimum absolute atomic E-state index is 0.0131. The lowest BCUT2D eigenvalue weighted by Gasteiger charge is -2.29. The van der Waals surface area contributed by atoms with Crippen LogP contribution in [0.1, 0.15) is 37.8 Å². The SMILES string of the molecule is CC1(C)C2=C(C=CCC2)c2ccc(N(c3ccc(-c4ccc5c(c4)c4ccccc4n5-c4ccccc4)cc3)c3cccc(-c4cccnc4)c3)cc21. The molecule has 0 saturated carbocycles. The molecule has 2 aliphatic carbocycles. The summed E-state index contributed by atoms with van der Waals surface area (Å²) in [5.41, 5.74) is 17.4. The summed E-state index contributed by atoms with van der Waals surface area (Å²) >= 11 is 0. The van der Waals surface area contributed by atoms with Gasteiger partial charge in [0.1, 0.15) is 0 Å². The number of allylic oxidation sites excluding steroid dienone is 4. The Labute approximate surface area is 310 Å². The van der Waals surface area contributed by atoms with Gasteiger partial charge in [-0.2, -0.15) is 0 Å². The first-order valence-corrected chi connectivity index (χ1v) is 18.6. The second-order valence-corrected chi connectivity index (χ2v) is 14.8. The fourth-order valence-corrected chi connectivity index (χ4v) is 8.77. The van der Waals surface area contributed by atoms with Gasteiger partial charge in [-0.05, 0) is 119 Å². The van der Waals surface area contributed by atoms with Gasteiger partial charge in [0.15, 0.2) is 0 Å². The van der Waals surface area contributed by atoms with E-state index in [-0.39, 0.29) is 5.41 Å². The van der Waals surface area contributed by atoms with E-state index in [1.807, 2.05) is 18.5 Å². The predicted octanol–water partition coefficient (Wildman–Crippen LogP) is 13.4. The van der Waals surface area contributed by atoms with Crippen molar-refractivity contribution in [3.05, 3.63) is 193 Å². The second-order valence-electron chi connectivity index (χ2n) is 14.8. The molecule has 6 aromatic carbocycles. The molecule has 8 aromatic rings. The zero-order valence-corrected chi connectivity index (χ0v) is 30.0. The summed E-state index contributed by atoms with van der Waals surface area (Å²) in [5.74, 6) is 0. The summed E-state index contributed by atoms with van der Waals surface area (Å²) in [4.78, 5) is 6.81. The van der Waals surface area contributed by atoms with Crippen LogP contribution in [0.5, 0.6) is 0 Å². The Hall–Kier alpha value is -6.45. The Morgan fingerprint density at radius 3 is 2.17 bits per heavy atom. The lowest BCUT2D eigenvalue weighted by atomic mass is 9.78. The third-order valence-corrected chi connectivity index (χ3v) is 11.4. The van der Waals surface area contributed by atoms with Crippen molar-refractivity contribution in [2.45, 2.75) is 32.1 Å². The van der Waals surface area contributed by atoms with Crippen molar-refractivity contribution in [3.63, 3.8) is 0 Å². The molecule has 0 amide bonds. The molecule has 2 aliphatic rings. The highest BCUT2D eigenvalue weighted by Gasteiger charge is 2.37. The van der Waals surface area contributed by atoms with Crippen LogP contribution >= 0.6 is 0 Å². The van der Waals surface area contributed by atoms with Crippen LogP contribution in [0.15, 0.2) is 182 Å². The molecule has 2 heterocycles. The quantitative estimate of drug-likeness (QED) is 0.174. The smallest absolute Gasteiger partial charge is 0.0541 e. The van der Waals surface area contributed by atoms with Gasteiger partial charge in [0.25, 0.3) is 0 Å². The predicted molar refractivity (Wildman–Crippen MR) is 222 cm³/mol. The van der Waals surface area contributed by atoms with Gasteiger partial charge in [-0.3, -0.25) is 4.98 Å². The van der Waals surface area contributed by atoms with Gasteiger partial charge in [0.05, 0.1) is 11.0 Å². The van der Waals surface area contributed by atoms with E-state index in [0.717, 1.165) is 41.0 Å². The van der Waals surface area contributed by atoms with Crippen molar-refractivity contribution in [1.29, 1.82) is 0 Å². The van der Waals surface area contributed by atoms with Crippen molar-refractivity contribution in [2.24, 2.45) is 0 Å². The van der Waals surface area contributed by atoms with E-state index in [9.17, 15) is 0 Å². The molecular formula is C50H39N3. The molecule has 0 saturated heterocycles. The molecule has 0 unspecified atom stereocenters. The van der Waals surface area contributed by atoms with E-state index in [4.69, 9.17) is 0 Å². The van der Waals surface area contributed by atoms with Crippen LogP contribution < -0.4 is 4.90 Å². The summed E-state index contributed by atoms with van der Waals surface area (Å²) in [6.07, 6.45) is 10.7. The topological polar surface area (TPSA) is 21.1 Å². The highest BCUT2D eigenvalue weighted by molar-refractivity contribution is 6.10. The molecule has 0 radical (unpaired) electrons. The fourth-order valence-electron chi connectivity index (χ4n) is 8.77. The number of fused-ring (bicyclic) bond motifs is 5. The third-order valence-electron chi connectivity index (χ3n) is 11.4. The molecule has 0 atom stereocenters. The van der Waals surface area contributed by atoms with Gasteiger partial charge >= 0.3 is 0 Å². The van der Waals surface area contributed by atoms with Crippen molar-refractivity contribution < 1.29 is 0 Å². The van der Waals surface area contributed by atoms with E-state index in [2.05, 4.69) is 186 Å². The summed E-state index contributed by atoms with van der Waals surface area (Å²) in [5, 5.41) is 2.52. The molecule has 0 fully saturated rings. The summed E-state index contributed by atoms with van der Waals surface area (Å²) < 4.78 is 2.37. The second kappa shape index (κ2) is 12.4. The molecule has 0 aliphatic heterocycles. The Morgan fingerprint density at radius 2 is 1.32 bits per heavy atom. The molecule has 3 heteroatoms. The van der Waals surface area contributed by atoms with Crippen LogP contribution in [0.3, 0.4) is 0 Å². The van der Waals surface area contributed by atoms with Crippen molar-refractivity contribution in [3.8, 4) is 27.9 Å². The largest absolute Gasteiger partial charge is 0.310 e. The van der Waals surface area contributed by atoms with Crippen LogP contribution in [0, 0.1) is 0 Å². The monoisotopic (exact) mass is 681 g/mol. The van der Waals surface area contributed by atoms with Gasteiger partial charge in [0.2, 0.25) is 0 Å². The fraction of sp³-hybridized carbons (Fsp3) is 0.100. The first-order valence-electron chi connectivity index (χ1n) is 18.6. The number of benzene rings is 6. The van der Waals surface area contributed by atoms with E-state index in [0.29, 0.717) is 0 Å². The number of rotatable bonds is 6. The number of anilines is 3. The summed E-state index contributed by atoms with van der Waals surface area (Å²) in [6.45, 7) is 4.79. The van der Waals surface area contributed by atoms with Crippen molar-refractivity contribution in [2.75, 3.05) is 4.90 Å². The molecule has 10 rings (SSSR count). The lowest BCUT2D eigenvalue weighted by molar-refractivity contribution is 0.607. The minimum atomic E-state index is -0.0131. The zero-order valence-electron chi connectivity index (χ0n) is 30.0. The lowest BCUT2D eigenvalue weighted by Crippen LogP contribution is -2.18. The number of aromatic nitrogens is 2. The first kappa shape index (κ1) is 31.3. The molecule has 3 nitrogen and oxygen atoms in total. The van der Waals surface area contributed by atoms with Gasteiger partial charge < -0.3 is 9.47 Å². The highest BCUT2D eigenvalue weighted by Crippen LogP contribution is 2.52. The molecule has 0 bridgehead atoms. The molecule has 2 aromatic heterocycles. The van der Waals surface area contributed by atoms with Crippen molar-refractivity contribution >= 4 is 44.4 Å². The molecule has 0 N–H and O–H groups in total. The summed E-state index contributed by atoms with van der Waals surface area (Å²) in [7, 11) is 0. The Balaban J connectivity index is 1.08. The minimum Gasteiger partial charge on any atom is -0.310 e.